The van der Waals surface area contributed by atoms with Crippen LogP contribution in [0.3, 0.4) is 0 Å². The van der Waals surface area contributed by atoms with Crippen molar-refractivity contribution in [3.8, 4) is 0 Å². The number of H-pyrrole nitrogens is 1. The lowest BCUT2D eigenvalue weighted by molar-refractivity contribution is -0.139. The summed E-state index contributed by atoms with van der Waals surface area (Å²) in [6.07, 6.45) is -2.04. The molecular weight excluding hydrogens is 288 g/mol. The van der Waals surface area contributed by atoms with Gasteiger partial charge in [-0.05, 0) is 15.9 Å². The smallest absolute Gasteiger partial charge is 0.310 e. The monoisotopic (exact) mass is 295 g/mol. The van der Waals surface area contributed by atoms with Crippen molar-refractivity contribution in [1.29, 1.82) is 0 Å². The van der Waals surface area contributed by atoms with E-state index in [-0.39, 0.29) is 16.6 Å². The minimum Gasteiger partial charge on any atom is -0.469 e. The summed E-state index contributed by atoms with van der Waals surface area (Å²) in [5.74, 6) is -0.659. The number of halogens is 3. The van der Waals surface area contributed by atoms with E-state index in [1.165, 1.54) is 6.20 Å². The number of aromatic nitrogens is 1. The van der Waals surface area contributed by atoms with E-state index < -0.39 is 23.4 Å². The number of rotatable bonds is 3. The maximum absolute atomic E-state index is 12.5. The third-order valence-electron chi connectivity index (χ3n) is 1.93. The summed E-state index contributed by atoms with van der Waals surface area (Å²) in [6.45, 7) is 0. The lowest BCUT2D eigenvalue weighted by Gasteiger charge is -2.05. The molecule has 16 heavy (non-hydrogen) atoms. The predicted octanol–water partition coefficient (Wildman–Crippen LogP) is 1.79. The standard InChI is InChI=1S/C9H8BrF2NO3/c1-16-5(14)2-4-3-13-8(10)6(7(4)15)9(11)12/h3,9H,2H2,1H3,(H,13,15). The van der Waals surface area contributed by atoms with E-state index in [4.69, 9.17) is 0 Å². The van der Waals surface area contributed by atoms with Crippen molar-refractivity contribution in [2.75, 3.05) is 7.11 Å². The molecule has 0 aliphatic rings. The average molecular weight is 296 g/mol. The van der Waals surface area contributed by atoms with Gasteiger partial charge in [-0.2, -0.15) is 0 Å². The number of hydrogen-bond acceptors (Lipinski definition) is 3. The van der Waals surface area contributed by atoms with Crippen LogP contribution in [0.2, 0.25) is 0 Å². The number of ether oxygens (including phenoxy) is 1. The van der Waals surface area contributed by atoms with Gasteiger partial charge >= 0.3 is 5.97 Å². The molecule has 1 N–H and O–H groups in total. The zero-order valence-electron chi connectivity index (χ0n) is 8.22. The number of esters is 1. The van der Waals surface area contributed by atoms with Crippen molar-refractivity contribution in [1.82, 2.24) is 4.98 Å². The van der Waals surface area contributed by atoms with Crippen molar-refractivity contribution in [2.45, 2.75) is 12.8 Å². The van der Waals surface area contributed by atoms with Crippen LogP contribution in [-0.2, 0) is 16.0 Å². The van der Waals surface area contributed by atoms with Gasteiger partial charge in [0.05, 0.1) is 23.7 Å². The van der Waals surface area contributed by atoms with Crippen molar-refractivity contribution in [3.05, 3.63) is 32.2 Å². The fourth-order valence-electron chi connectivity index (χ4n) is 1.12. The Labute approximate surface area is 97.7 Å². The average Bonchev–Trinajstić information content (AvgIpc) is 2.21. The summed E-state index contributed by atoms with van der Waals surface area (Å²) in [5.41, 5.74) is -1.59. The molecule has 1 aromatic heterocycles. The second-order valence-corrected chi connectivity index (χ2v) is 3.72. The van der Waals surface area contributed by atoms with E-state index in [2.05, 4.69) is 25.7 Å². The van der Waals surface area contributed by atoms with Crippen LogP contribution in [0.1, 0.15) is 17.6 Å². The Morgan fingerprint density at radius 2 is 2.25 bits per heavy atom. The van der Waals surface area contributed by atoms with Crippen LogP contribution in [-0.4, -0.2) is 18.1 Å². The molecule has 1 heterocycles. The first-order valence-corrected chi connectivity index (χ1v) is 5.01. The van der Waals surface area contributed by atoms with Gasteiger partial charge in [0.15, 0.2) is 5.43 Å². The first kappa shape index (κ1) is 12.8. The van der Waals surface area contributed by atoms with Crippen LogP contribution in [0.15, 0.2) is 15.6 Å². The summed E-state index contributed by atoms with van der Waals surface area (Å²) in [4.78, 5) is 24.9. The number of alkyl halides is 2. The van der Waals surface area contributed by atoms with Gasteiger partial charge in [-0.25, -0.2) is 8.78 Å². The third kappa shape index (κ3) is 2.66. The Bertz CT molecular complexity index is 459. The first-order chi connectivity index (χ1) is 7.47. The Morgan fingerprint density at radius 3 is 2.75 bits per heavy atom. The SMILES string of the molecule is COC(=O)Cc1c[nH]c(Br)c(C(F)F)c1=O. The normalized spacial score (nSPS) is 10.6. The molecule has 1 rings (SSSR count). The molecule has 0 atom stereocenters. The van der Waals surface area contributed by atoms with E-state index in [0.29, 0.717) is 0 Å². The summed E-state index contributed by atoms with van der Waals surface area (Å²) >= 11 is 2.81. The second kappa shape index (κ2) is 5.20. The highest BCUT2D eigenvalue weighted by atomic mass is 79.9. The lowest BCUT2D eigenvalue weighted by Crippen LogP contribution is -2.20. The quantitative estimate of drug-likeness (QED) is 0.683. The fourth-order valence-corrected chi connectivity index (χ4v) is 1.59. The molecule has 0 unspecified atom stereocenters. The zero-order valence-corrected chi connectivity index (χ0v) is 9.81. The summed E-state index contributed by atoms with van der Waals surface area (Å²) < 4.78 is 29.3. The maximum Gasteiger partial charge on any atom is 0.310 e. The number of carbonyl (C=O) groups excluding carboxylic acids is 1. The van der Waals surface area contributed by atoms with Crippen LogP contribution in [0.25, 0.3) is 0 Å². The molecule has 0 aliphatic carbocycles. The molecule has 0 radical (unpaired) electrons. The van der Waals surface area contributed by atoms with E-state index in [9.17, 15) is 18.4 Å². The molecule has 1 aromatic rings. The van der Waals surface area contributed by atoms with Crippen LogP contribution >= 0.6 is 15.9 Å². The van der Waals surface area contributed by atoms with Gasteiger partial charge in [-0.15, -0.1) is 0 Å². The van der Waals surface area contributed by atoms with Crippen molar-refractivity contribution >= 4 is 21.9 Å². The van der Waals surface area contributed by atoms with Gasteiger partial charge < -0.3 is 9.72 Å². The number of methoxy groups -OCH3 is 1. The van der Waals surface area contributed by atoms with Crippen LogP contribution in [0, 0.1) is 0 Å². The topological polar surface area (TPSA) is 59.2 Å². The molecular formula is C9H8BrF2NO3. The maximum atomic E-state index is 12.5. The number of pyridine rings is 1. The molecule has 0 fully saturated rings. The highest BCUT2D eigenvalue weighted by Gasteiger charge is 2.20. The Morgan fingerprint density at radius 1 is 1.62 bits per heavy atom. The number of hydrogen-bond donors (Lipinski definition) is 1. The number of nitrogens with one attached hydrogen (secondary N) is 1. The first-order valence-electron chi connectivity index (χ1n) is 4.22. The van der Waals surface area contributed by atoms with E-state index in [0.717, 1.165) is 7.11 Å². The molecule has 0 aliphatic heterocycles. The van der Waals surface area contributed by atoms with Crippen LogP contribution in [0.5, 0.6) is 0 Å². The summed E-state index contributed by atoms with van der Waals surface area (Å²) in [5, 5.41) is 0. The van der Waals surface area contributed by atoms with Crippen molar-refractivity contribution in [2.24, 2.45) is 0 Å². The molecule has 4 nitrogen and oxygen atoms in total. The van der Waals surface area contributed by atoms with Gasteiger partial charge in [-0.3, -0.25) is 9.59 Å². The number of aromatic amines is 1. The van der Waals surface area contributed by atoms with E-state index >= 15 is 0 Å². The van der Waals surface area contributed by atoms with Crippen molar-refractivity contribution < 1.29 is 18.3 Å². The van der Waals surface area contributed by atoms with Gasteiger partial charge in [0.1, 0.15) is 0 Å². The van der Waals surface area contributed by atoms with Gasteiger partial charge in [0.25, 0.3) is 6.43 Å². The van der Waals surface area contributed by atoms with E-state index in [1.54, 1.807) is 0 Å². The molecule has 7 heteroatoms. The van der Waals surface area contributed by atoms with Gasteiger partial charge in [-0.1, -0.05) is 0 Å². The predicted molar refractivity (Wildman–Crippen MR) is 55.4 cm³/mol. The molecule has 0 spiro atoms. The zero-order chi connectivity index (χ0) is 12.3. The minimum atomic E-state index is -2.91. The highest BCUT2D eigenvalue weighted by Crippen LogP contribution is 2.22. The summed E-state index contributed by atoms with van der Waals surface area (Å²) in [6, 6.07) is 0. The van der Waals surface area contributed by atoms with E-state index in [1.807, 2.05) is 0 Å². The Balaban J connectivity index is 3.19. The molecule has 0 saturated heterocycles. The fraction of sp³-hybridized carbons (Fsp3) is 0.333. The minimum absolute atomic E-state index is 0.0506. The molecule has 0 saturated carbocycles. The molecule has 0 amide bonds. The van der Waals surface area contributed by atoms with Crippen LogP contribution in [0.4, 0.5) is 8.78 Å². The molecule has 0 bridgehead atoms. The third-order valence-corrected chi connectivity index (χ3v) is 2.58. The van der Waals surface area contributed by atoms with Gasteiger partial charge in [0, 0.05) is 11.8 Å². The highest BCUT2D eigenvalue weighted by molar-refractivity contribution is 9.10. The number of carbonyl (C=O) groups is 1. The van der Waals surface area contributed by atoms with Crippen molar-refractivity contribution in [3.63, 3.8) is 0 Å². The second-order valence-electron chi connectivity index (χ2n) is 2.92. The Kier molecular flexibility index (Phi) is 4.17. The van der Waals surface area contributed by atoms with Crippen LogP contribution < -0.4 is 5.43 Å². The van der Waals surface area contributed by atoms with Gasteiger partial charge in [0.2, 0.25) is 0 Å². The lowest BCUT2D eigenvalue weighted by atomic mass is 10.1. The summed E-state index contributed by atoms with van der Waals surface area (Å²) in [7, 11) is 1.16. The Hall–Kier alpha value is -1.24. The molecule has 88 valence electrons. The largest absolute Gasteiger partial charge is 0.469 e. The molecule has 0 aromatic carbocycles.